The van der Waals surface area contributed by atoms with Crippen LogP contribution in [0.3, 0.4) is 0 Å². The lowest BCUT2D eigenvalue weighted by Crippen LogP contribution is -2.22. The van der Waals surface area contributed by atoms with Crippen molar-refractivity contribution in [1.82, 2.24) is 29.9 Å². The summed E-state index contributed by atoms with van der Waals surface area (Å²) in [5, 5.41) is 15.8. The lowest BCUT2D eigenvalue weighted by Gasteiger charge is -2.15. The van der Waals surface area contributed by atoms with E-state index in [9.17, 15) is 9.59 Å². The van der Waals surface area contributed by atoms with E-state index in [1.165, 1.54) is 30.9 Å². The number of rotatable bonds is 7. The van der Waals surface area contributed by atoms with Crippen LogP contribution in [-0.2, 0) is 4.79 Å². The first-order valence-corrected chi connectivity index (χ1v) is 10.0. The number of pyridine rings is 1. The van der Waals surface area contributed by atoms with Crippen LogP contribution in [0.15, 0.2) is 18.3 Å². The Morgan fingerprint density at radius 3 is 2.84 bits per heavy atom. The molecule has 0 unspecified atom stereocenters. The third-order valence-corrected chi connectivity index (χ3v) is 5.28. The Kier molecular flexibility index (Phi) is 4.73. The van der Waals surface area contributed by atoms with Crippen LogP contribution in [-0.4, -0.2) is 50.4 Å². The van der Waals surface area contributed by atoms with Gasteiger partial charge in [-0.15, -0.1) is 10.2 Å². The molecule has 0 bridgehead atoms. The molecule has 0 aliphatic heterocycles. The topological polar surface area (TPSA) is 144 Å². The minimum atomic E-state index is -2.74. The zero-order valence-electron chi connectivity index (χ0n) is 19.6. The number of aromatic nitrogens is 5. The number of amides is 2. The average molecular weight is 444 g/mol. The summed E-state index contributed by atoms with van der Waals surface area (Å²) in [6, 6.07) is 3.09. The van der Waals surface area contributed by atoms with E-state index in [4.69, 9.17) is 8.85 Å². The van der Waals surface area contributed by atoms with E-state index in [0.717, 1.165) is 12.8 Å². The molecular weight excluding hydrogens is 420 g/mol. The van der Waals surface area contributed by atoms with Gasteiger partial charge < -0.3 is 20.7 Å². The zero-order chi connectivity index (χ0) is 24.5. The van der Waals surface area contributed by atoms with Crippen molar-refractivity contribution in [3.63, 3.8) is 0 Å². The van der Waals surface area contributed by atoms with Gasteiger partial charge in [0, 0.05) is 29.3 Å². The summed E-state index contributed by atoms with van der Waals surface area (Å²) in [5.41, 5.74) is 0.379. The van der Waals surface area contributed by atoms with Crippen LogP contribution in [0.5, 0.6) is 5.75 Å². The summed E-state index contributed by atoms with van der Waals surface area (Å²) in [5.74, 6) is -0.0321. The lowest BCUT2D eigenvalue weighted by molar-refractivity contribution is -0.117. The monoisotopic (exact) mass is 443 g/mol. The number of carbonyl (C=O) groups excluding carboxylic acids is 2. The molecule has 0 radical (unpaired) electrons. The summed E-state index contributed by atoms with van der Waals surface area (Å²) in [7, 11) is 1.45. The molecule has 0 spiro atoms. The number of aryl methyl sites for hydroxylation is 1. The van der Waals surface area contributed by atoms with Crippen molar-refractivity contribution in [2.45, 2.75) is 19.8 Å². The Hall–Kier alpha value is -3.67. The highest BCUT2D eigenvalue weighted by Crippen LogP contribution is 2.37. The van der Waals surface area contributed by atoms with Gasteiger partial charge in [0.1, 0.15) is 10.8 Å². The van der Waals surface area contributed by atoms with Gasteiger partial charge in [0.25, 0.3) is 5.91 Å². The predicted octanol–water partition coefficient (Wildman–Crippen LogP) is 2.16. The predicted molar refractivity (Wildman–Crippen MR) is 114 cm³/mol. The van der Waals surface area contributed by atoms with Crippen molar-refractivity contribution in [3.8, 4) is 16.3 Å². The quantitative estimate of drug-likeness (QED) is 0.500. The first-order valence-electron chi connectivity index (χ1n) is 10.8. The van der Waals surface area contributed by atoms with Crippen LogP contribution in [0.2, 0.25) is 0 Å². The second-order valence-electron chi connectivity index (χ2n) is 6.72. The molecule has 0 aromatic carbocycles. The number of hydrogen-bond donors (Lipinski definition) is 3. The summed E-state index contributed by atoms with van der Waals surface area (Å²) in [6.07, 6.45) is 3.11. The number of methoxy groups -OCH3 is 1. The van der Waals surface area contributed by atoms with Crippen molar-refractivity contribution in [1.29, 1.82) is 0 Å². The van der Waals surface area contributed by atoms with E-state index < -0.39 is 12.9 Å². The van der Waals surface area contributed by atoms with Gasteiger partial charge >= 0.3 is 0 Å². The van der Waals surface area contributed by atoms with Crippen molar-refractivity contribution >= 4 is 40.7 Å². The van der Waals surface area contributed by atoms with E-state index in [0.29, 0.717) is 22.1 Å². The first kappa shape index (κ1) is 17.1. The molecule has 0 saturated heterocycles. The van der Waals surface area contributed by atoms with Crippen LogP contribution in [0.4, 0.5) is 17.3 Å². The van der Waals surface area contributed by atoms with Crippen LogP contribution in [0.25, 0.3) is 10.6 Å². The summed E-state index contributed by atoms with van der Waals surface area (Å²) in [6.45, 7) is -0.969. The minimum Gasteiger partial charge on any atom is -0.492 e. The molecule has 2 amide bonds. The number of ether oxygens (including phenoxy) is 1. The number of nitrogens with zero attached hydrogens (tertiary/aromatic N) is 5. The number of hydrogen-bond acceptors (Lipinski definition) is 10. The van der Waals surface area contributed by atoms with Crippen LogP contribution in [0.1, 0.15) is 33.3 Å². The van der Waals surface area contributed by atoms with Gasteiger partial charge in [-0.05, 0) is 37.4 Å². The molecule has 0 atom stereocenters. The standard InChI is InChI=1S/C19H20N8O3S/c1-9-22-19(31-27-9)11-6-7-21-16(15(11)30-3)23-12-8-13(24-17(28)10-4-5-10)25-26-14(12)18(29)20-2/h6-8,10H,4-5H2,1-3H3,(H,20,29)(H2,21,23,24,25,28)/i2D3. The van der Waals surface area contributed by atoms with Gasteiger partial charge in [-0.1, -0.05) is 0 Å². The molecule has 1 aliphatic rings. The maximum absolute atomic E-state index is 12.6. The maximum atomic E-state index is 12.6. The second kappa shape index (κ2) is 8.60. The Morgan fingerprint density at radius 1 is 1.32 bits per heavy atom. The van der Waals surface area contributed by atoms with Crippen LogP contribution < -0.4 is 20.7 Å². The molecule has 31 heavy (non-hydrogen) atoms. The molecule has 1 aliphatic carbocycles. The van der Waals surface area contributed by atoms with Crippen molar-refractivity contribution in [2.75, 3.05) is 24.7 Å². The van der Waals surface area contributed by atoms with Gasteiger partial charge in [0.2, 0.25) is 5.91 Å². The molecule has 3 heterocycles. The third kappa shape index (κ3) is 4.43. The molecule has 160 valence electrons. The van der Waals surface area contributed by atoms with Gasteiger partial charge in [0.15, 0.2) is 23.1 Å². The van der Waals surface area contributed by atoms with E-state index in [1.54, 1.807) is 13.0 Å². The van der Waals surface area contributed by atoms with Crippen LogP contribution >= 0.6 is 11.5 Å². The molecule has 3 N–H and O–H groups in total. The molecule has 4 rings (SSSR count). The van der Waals surface area contributed by atoms with Crippen molar-refractivity contribution < 1.29 is 18.4 Å². The van der Waals surface area contributed by atoms with Crippen LogP contribution in [0, 0.1) is 12.8 Å². The first-order chi connectivity index (χ1) is 16.1. The fourth-order valence-corrected chi connectivity index (χ4v) is 3.49. The Bertz CT molecular complexity index is 1250. The molecule has 11 nitrogen and oxygen atoms in total. The SMILES string of the molecule is [2H]C([2H])([2H])NC(=O)c1nnc(NC(=O)C2CC2)cc1Nc1nccc(-c2nc(C)ns2)c1OC. The highest BCUT2D eigenvalue weighted by Gasteiger charge is 2.30. The second-order valence-corrected chi connectivity index (χ2v) is 7.47. The Morgan fingerprint density at radius 2 is 2.16 bits per heavy atom. The fraction of sp³-hybridized carbons (Fsp3) is 0.316. The summed E-state index contributed by atoms with van der Waals surface area (Å²) in [4.78, 5) is 33.4. The van der Waals surface area contributed by atoms with E-state index in [-0.39, 0.29) is 34.8 Å². The number of nitrogens with one attached hydrogen (secondary N) is 3. The third-order valence-electron chi connectivity index (χ3n) is 4.44. The van der Waals surface area contributed by atoms with E-state index in [2.05, 4.69) is 35.2 Å². The van der Waals surface area contributed by atoms with E-state index >= 15 is 0 Å². The molecule has 1 saturated carbocycles. The smallest absolute Gasteiger partial charge is 0.273 e. The highest BCUT2D eigenvalue weighted by molar-refractivity contribution is 7.09. The summed E-state index contributed by atoms with van der Waals surface area (Å²) < 4.78 is 31.7. The number of carbonyl (C=O) groups is 2. The van der Waals surface area contributed by atoms with E-state index in [1.807, 2.05) is 5.32 Å². The largest absolute Gasteiger partial charge is 0.492 e. The molecule has 3 aromatic heterocycles. The molecule has 3 aromatic rings. The van der Waals surface area contributed by atoms with Gasteiger partial charge in [-0.2, -0.15) is 4.37 Å². The minimum absolute atomic E-state index is 0.0687. The maximum Gasteiger partial charge on any atom is 0.273 e. The Labute approximate surface area is 186 Å². The normalized spacial score (nSPS) is 14.7. The Balaban J connectivity index is 1.72. The molecular formula is C19H20N8O3S. The number of anilines is 3. The zero-order valence-corrected chi connectivity index (χ0v) is 17.4. The van der Waals surface area contributed by atoms with Gasteiger partial charge in [-0.3, -0.25) is 9.59 Å². The van der Waals surface area contributed by atoms with Gasteiger partial charge in [0.05, 0.1) is 18.4 Å². The lowest BCUT2D eigenvalue weighted by atomic mass is 10.2. The highest BCUT2D eigenvalue weighted by atomic mass is 32.1. The van der Waals surface area contributed by atoms with Gasteiger partial charge in [-0.25, -0.2) is 9.97 Å². The van der Waals surface area contributed by atoms with Crippen molar-refractivity contribution in [3.05, 3.63) is 29.8 Å². The molecule has 12 heteroatoms. The fourth-order valence-electron chi connectivity index (χ4n) is 2.80. The van der Waals surface area contributed by atoms with Crippen molar-refractivity contribution in [2.24, 2.45) is 5.92 Å². The summed E-state index contributed by atoms with van der Waals surface area (Å²) >= 11 is 1.19. The molecule has 1 fully saturated rings. The average Bonchev–Trinajstić information content (AvgIpc) is 3.53.